The van der Waals surface area contributed by atoms with E-state index in [0.717, 1.165) is 12.3 Å². The van der Waals surface area contributed by atoms with Crippen LogP contribution in [0.2, 0.25) is 0 Å². The smallest absolute Gasteiger partial charge is 0.312 e. The first-order valence-corrected chi connectivity index (χ1v) is 5.56. The minimum absolute atomic E-state index is 0.123. The van der Waals surface area contributed by atoms with E-state index in [0.29, 0.717) is 11.3 Å². The van der Waals surface area contributed by atoms with E-state index in [9.17, 15) is 13.2 Å². The van der Waals surface area contributed by atoms with Crippen LogP contribution in [0.3, 0.4) is 0 Å². The number of rotatable bonds is 2. The number of alkyl halides is 3. The lowest BCUT2D eigenvalue weighted by atomic mass is 10.2. The normalized spacial score (nSPS) is 10.9. The lowest BCUT2D eigenvalue weighted by Crippen LogP contribution is -2.17. The van der Waals surface area contributed by atoms with Crippen LogP contribution in [-0.2, 0) is 6.18 Å². The third kappa shape index (κ3) is 2.69. The van der Waals surface area contributed by atoms with Crippen molar-refractivity contribution >= 4 is 11.6 Å². The third-order valence-corrected chi connectivity index (χ3v) is 2.62. The van der Waals surface area contributed by atoms with E-state index < -0.39 is 11.9 Å². The van der Waals surface area contributed by atoms with Crippen molar-refractivity contribution in [3.8, 4) is 6.07 Å². The number of anilines is 2. The Morgan fingerprint density at radius 1 is 1.20 bits per heavy atom. The summed E-state index contributed by atoms with van der Waals surface area (Å²) >= 11 is 0. The van der Waals surface area contributed by atoms with Gasteiger partial charge >= 0.3 is 6.18 Å². The molecule has 0 aliphatic heterocycles. The molecule has 2 aromatic rings. The van der Waals surface area contributed by atoms with E-state index in [1.165, 1.54) is 11.9 Å². The molecule has 0 aliphatic carbocycles. The Morgan fingerprint density at radius 2 is 1.90 bits per heavy atom. The second-order valence-electron chi connectivity index (χ2n) is 3.93. The number of aromatic nitrogens is 2. The van der Waals surface area contributed by atoms with Crippen molar-refractivity contribution in [2.45, 2.75) is 6.18 Å². The van der Waals surface area contributed by atoms with Gasteiger partial charge < -0.3 is 4.90 Å². The molecule has 0 spiro atoms. The molecule has 2 rings (SSSR count). The molecule has 0 N–H and O–H groups in total. The summed E-state index contributed by atoms with van der Waals surface area (Å²) in [5, 5.41) is 9.00. The van der Waals surface area contributed by atoms with Gasteiger partial charge in [0, 0.05) is 13.2 Å². The van der Waals surface area contributed by atoms with Gasteiger partial charge in [-0.1, -0.05) is 12.1 Å². The molecule has 4 nitrogen and oxygen atoms in total. The van der Waals surface area contributed by atoms with Crippen molar-refractivity contribution in [2.24, 2.45) is 0 Å². The zero-order valence-corrected chi connectivity index (χ0v) is 10.4. The van der Waals surface area contributed by atoms with Crippen molar-refractivity contribution < 1.29 is 13.2 Å². The van der Waals surface area contributed by atoms with Crippen molar-refractivity contribution in [1.82, 2.24) is 9.97 Å². The monoisotopic (exact) mass is 278 g/mol. The van der Waals surface area contributed by atoms with E-state index in [1.807, 2.05) is 6.07 Å². The number of hydrogen-bond donors (Lipinski definition) is 0. The quantitative estimate of drug-likeness (QED) is 0.846. The molecule has 1 aromatic carbocycles. The van der Waals surface area contributed by atoms with Crippen molar-refractivity contribution in [1.29, 1.82) is 5.26 Å². The largest absolute Gasteiger partial charge is 0.433 e. The van der Waals surface area contributed by atoms with Gasteiger partial charge in [0.15, 0.2) is 0 Å². The Balaban J connectivity index is 2.44. The first-order chi connectivity index (χ1) is 9.43. The molecule has 7 heteroatoms. The van der Waals surface area contributed by atoms with E-state index >= 15 is 0 Å². The highest BCUT2D eigenvalue weighted by atomic mass is 19.4. The third-order valence-electron chi connectivity index (χ3n) is 2.62. The zero-order valence-electron chi connectivity index (χ0n) is 10.4. The van der Waals surface area contributed by atoms with Crippen LogP contribution in [0.4, 0.5) is 24.8 Å². The number of nitrogens with zero attached hydrogens (tertiary/aromatic N) is 4. The average Bonchev–Trinajstić information content (AvgIpc) is 2.45. The maximum Gasteiger partial charge on any atom is 0.433 e. The highest BCUT2D eigenvalue weighted by Gasteiger charge is 2.33. The van der Waals surface area contributed by atoms with Crippen LogP contribution < -0.4 is 4.90 Å². The average molecular weight is 278 g/mol. The van der Waals surface area contributed by atoms with Gasteiger partial charge in [-0.3, -0.25) is 0 Å². The van der Waals surface area contributed by atoms with Crippen LogP contribution in [0.25, 0.3) is 0 Å². The summed E-state index contributed by atoms with van der Waals surface area (Å²) in [5.41, 5.74) is -0.255. The van der Waals surface area contributed by atoms with Gasteiger partial charge in [-0.2, -0.15) is 18.4 Å². The summed E-state index contributed by atoms with van der Waals surface area (Å²) < 4.78 is 37.9. The van der Waals surface area contributed by atoms with Gasteiger partial charge in [-0.25, -0.2) is 9.97 Å². The second-order valence-corrected chi connectivity index (χ2v) is 3.93. The predicted molar refractivity (Wildman–Crippen MR) is 66.3 cm³/mol. The summed E-state index contributed by atoms with van der Waals surface area (Å²) in [6.07, 6.45) is -3.50. The SMILES string of the molecule is CN(c1nccc(C(F)(F)F)n1)c1ccccc1C#N. The minimum atomic E-state index is -4.53. The number of para-hydroxylation sites is 1. The first-order valence-electron chi connectivity index (χ1n) is 5.56. The van der Waals surface area contributed by atoms with Gasteiger partial charge in [-0.15, -0.1) is 0 Å². The fraction of sp³-hybridized carbons (Fsp3) is 0.154. The Hall–Kier alpha value is -2.62. The summed E-state index contributed by atoms with van der Waals surface area (Å²) in [6, 6.07) is 9.30. The molecule has 1 aromatic heterocycles. The minimum Gasteiger partial charge on any atom is -0.312 e. The standard InChI is InChI=1S/C13H9F3N4/c1-20(10-5-3-2-4-9(10)8-17)12-18-7-6-11(19-12)13(14,15)16/h2-7H,1H3. The van der Waals surface area contributed by atoms with Crippen LogP contribution in [0.5, 0.6) is 0 Å². The van der Waals surface area contributed by atoms with Crippen molar-refractivity contribution in [3.63, 3.8) is 0 Å². The molecular weight excluding hydrogens is 269 g/mol. The number of halogens is 3. The Kier molecular flexibility index (Phi) is 3.57. The highest BCUT2D eigenvalue weighted by Crippen LogP contribution is 2.30. The van der Waals surface area contributed by atoms with Gasteiger partial charge in [0.05, 0.1) is 11.3 Å². The van der Waals surface area contributed by atoms with E-state index in [4.69, 9.17) is 5.26 Å². The molecule has 0 saturated carbocycles. The zero-order chi connectivity index (χ0) is 14.8. The Bertz CT molecular complexity index is 661. The van der Waals surface area contributed by atoms with Crippen LogP contribution in [0.1, 0.15) is 11.3 Å². The maximum absolute atomic E-state index is 12.6. The summed E-state index contributed by atoms with van der Waals surface area (Å²) in [4.78, 5) is 8.63. The fourth-order valence-corrected chi connectivity index (χ4v) is 1.64. The van der Waals surface area contributed by atoms with Gasteiger partial charge in [0.25, 0.3) is 0 Å². The second kappa shape index (κ2) is 5.17. The molecule has 0 aliphatic rings. The van der Waals surface area contributed by atoms with Gasteiger partial charge in [0.2, 0.25) is 5.95 Å². The molecule has 0 atom stereocenters. The first kappa shape index (κ1) is 13.8. The molecule has 1 heterocycles. The molecule has 0 fully saturated rings. The molecule has 20 heavy (non-hydrogen) atoms. The molecule has 0 amide bonds. The van der Waals surface area contributed by atoms with Crippen molar-refractivity contribution in [2.75, 3.05) is 11.9 Å². The maximum atomic E-state index is 12.6. The molecule has 0 saturated heterocycles. The van der Waals surface area contributed by atoms with Crippen LogP contribution in [0.15, 0.2) is 36.5 Å². The molecular formula is C13H9F3N4. The summed E-state index contributed by atoms with van der Waals surface area (Å²) in [5.74, 6) is -0.123. The molecule has 102 valence electrons. The molecule has 0 bridgehead atoms. The van der Waals surface area contributed by atoms with Gasteiger partial charge in [-0.05, 0) is 18.2 Å². The number of hydrogen-bond acceptors (Lipinski definition) is 4. The lowest BCUT2D eigenvalue weighted by Gasteiger charge is -2.19. The number of benzene rings is 1. The predicted octanol–water partition coefficient (Wildman–Crippen LogP) is 3.13. The van der Waals surface area contributed by atoms with Crippen LogP contribution >= 0.6 is 0 Å². The summed E-state index contributed by atoms with van der Waals surface area (Å²) in [6.45, 7) is 0. The number of nitriles is 1. The van der Waals surface area contributed by atoms with Crippen LogP contribution in [-0.4, -0.2) is 17.0 Å². The van der Waals surface area contributed by atoms with Gasteiger partial charge in [0.1, 0.15) is 11.8 Å². The Labute approximate surface area is 113 Å². The fourth-order valence-electron chi connectivity index (χ4n) is 1.64. The molecule has 0 unspecified atom stereocenters. The van der Waals surface area contributed by atoms with E-state index in [2.05, 4.69) is 9.97 Å². The van der Waals surface area contributed by atoms with Crippen LogP contribution in [0, 0.1) is 11.3 Å². The lowest BCUT2D eigenvalue weighted by molar-refractivity contribution is -0.141. The topological polar surface area (TPSA) is 52.8 Å². The molecule has 0 radical (unpaired) electrons. The van der Waals surface area contributed by atoms with Crippen molar-refractivity contribution in [3.05, 3.63) is 47.8 Å². The highest BCUT2D eigenvalue weighted by molar-refractivity contribution is 5.64. The van der Waals surface area contributed by atoms with E-state index in [1.54, 1.807) is 24.3 Å². The van der Waals surface area contributed by atoms with E-state index in [-0.39, 0.29) is 5.95 Å². The summed E-state index contributed by atoms with van der Waals surface area (Å²) in [7, 11) is 1.51. The Morgan fingerprint density at radius 3 is 2.55 bits per heavy atom.